The fraction of sp³-hybridized carbons (Fsp3) is 0.533. The number of benzene rings is 1. The summed E-state index contributed by atoms with van der Waals surface area (Å²) in [5.74, 6) is -4.55. The van der Waals surface area contributed by atoms with Gasteiger partial charge in [-0.25, -0.2) is 20.0 Å². The van der Waals surface area contributed by atoms with E-state index in [0.29, 0.717) is 12.0 Å². The molecule has 0 aliphatic carbocycles. The fourth-order valence-electron chi connectivity index (χ4n) is 5.04. The molecule has 1 aromatic heterocycles. The van der Waals surface area contributed by atoms with Crippen molar-refractivity contribution < 1.29 is 65.0 Å². The van der Waals surface area contributed by atoms with Crippen molar-refractivity contribution in [3.8, 4) is 0 Å². The van der Waals surface area contributed by atoms with Crippen LogP contribution in [0.15, 0.2) is 36.4 Å². The number of hydrogen-bond acceptors (Lipinski definition) is 10. The number of hydrogen-bond donors (Lipinski definition) is 3. The molecule has 1 aliphatic rings. The molecular formula is C30H35F6N5O9. The summed E-state index contributed by atoms with van der Waals surface area (Å²) in [6, 6.07) is 6.88. The first kappa shape index (κ1) is 39.7. The normalized spacial score (nSPS) is 16.4. The maximum absolute atomic E-state index is 14.7. The Morgan fingerprint density at radius 3 is 2.30 bits per heavy atom. The van der Waals surface area contributed by atoms with Gasteiger partial charge in [-0.1, -0.05) is 30.3 Å². The molecule has 3 N–H and O–H groups in total. The summed E-state index contributed by atoms with van der Waals surface area (Å²) in [5.41, 5.74) is -4.87. The van der Waals surface area contributed by atoms with E-state index in [0.717, 1.165) is 4.90 Å². The zero-order valence-corrected chi connectivity index (χ0v) is 27.0. The van der Waals surface area contributed by atoms with Crippen molar-refractivity contribution in [3.63, 3.8) is 0 Å². The summed E-state index contributed by atoms with van der Waals surface area (Å²) >= 11 is 0. The molecule has 20 heteroatoms. The number of halogens is 6. The van der Waals surface area contributed by atoms with Crippen LogP contribution in [0.2, 0.25) is 0 Å². The molecule has 50 heavy (non-hydrogen) atoms. The number of anilines is 1. The summed E-state index contributed by atoms with van der Waals surface area (Å²) in [6.07, 6.45) is -12.7. The lowest BCUT2D eigenvalue weighted by Crippen LogP contribution is -2.62. The third-order valence-corrected chi connectivity index (χ3v) is 7.29. The number of rotatable bonds is 13. The number of hydrazine groups is 1. The summed E-state index contributed by atoms with van der Waals surface area (Å²) < 4.78 is 101. The molecule has 1 fully saturated rings. The maximum atomic E-state index is 14.7. The van der Waals surface area contributed by atoms with Gasteiger partial charge in [0.15, 0.2) is 0 Å². The van der Waals surface area contributed by atoms with Crippen LogP contribution in [-0.2, 0) is 31.8 Å². The minimum Gasteiger partial charge on any atom is -0.476 e. The van der Waals surface area contributed by atoms with Crippen molar-refractivity contribution in [2.75, 3.05) is 24.7 Å². The SMILES string of the molecule is CC(C)(C)OC(=O)NNC(=O)C(CCCOC[C@@H]1CCCN1c1nc(C(=O)O)c([N+](=O)[O-])cc1C(F)(F)F)(OCc1ccccc1)C(F)(F)F. The average molecular weight is 724 g/mol. The number of carbonyl (C=O) groups excluding carboxylic acids is 2. The van der Waals surface area contributed by atoms with Crippen molar-refractivity contribution in [2.24, 2.45) is 0 Å². The van der Waals surface area contributed by atoms with Gasteiger partial charge in [-0.3, -0.25) is 20.3 Å². The molecule has 276 valence electrons. The average Bonchev–Trinajstić information content (AvgIpc) is 3.47. The topological polar surface area (TPSA) is 182 Å². The number of nitro groups is 1. The van der Waals surface area contributed by atoms with E-state index >= 15 is 0 Å². The quantitative estimate of drug-likeness (QED) is 0.102. The third kappa shape index (κ3) is 10.2. The highest BCUT2D eigenvalue weighted by atomic mass is 19.4. The Morgan fingerprint density at radius 1 is 1.08 bits per heavy atom. The van der Waals surface area contributed by atoms with Gasteiger partial charge in [-0.15, -0.1) is 0 Å². The summed E-state index contributed by atoms with van der Waals surface area (Å²) in [5, 5.41) is 20.7. The van der Waals surface area contributed by atoms with E-state index in [1.54, 1.807) is 29.1 Å². The van der Waals surface area contributed by atoms with Gasteiger partial charge in [-0.2, -0.15) is 26.3 Å². The number of nitrogens with zero attached hydrogens (tertiary/aromatic N) is 3. The van der Waals surface area contributed by atoms with Crippen molar-refractivity contribution >= 4 is 29.5 Å². The lowest BCUT2D eigenvalue weighted by atomic mass is 9.95. The second kappa shape index (κ2) is 15.9. The largest absolute Gasteiger partial charge is 0.476 e. The second-order valence-electron chi connectivity index (χ2n) is 12.1. The Kier molecular flexibility index (Phi) is 12.6. The van der Waals surface area contributed by atoms with Crippen LogP contribution in [-0.4, -0.2) is 76.2 Å². The van der Waals surface area contributed by atoms with Gasteiger partial charge >= 0.3 is 30.1 Å². The van der Waals surface area contributed by atoms with Crippen LogP contribution in [0.1, 0.15) is 68.1 Å². The molecule has 3 rings (SSSR count). The highest BCUT2D eigenvalue weighted by Crippen LogP contribution is 2.41. The number of carboxylic acid groups (broad SMARTS) is 1. The number of carboxylic acids is 1. The van der Waals surface area contributed by atoms with Crippen molar-refractivity contribution in [1.29, 1.82) is 0 Å². The Hall–Kier alpha value is -4.72. The number of ether oxygens (including phenoxy) is 3. The standard InChI is InChI=1S/C30H35F6N5O9/c1-27(2,3)50-26(45)39-38-25(44)28(30(34,35)36,49-16-18-9-5-4-6-10-18)12-8-14-48-17-19-11-7-13-40(19)23-20(29(31,32)33)15-21(41(46)47)22(37-23)24(42)43/h4-6,9-10,15,19H,7-8,11-14,16-17H2,1-3H3,(H,38,44)(H,39,45)(H,42,43)/t19-,28?/m0/s1. The summed E-state index contributed by atoms with van der Waals surface area (Å²) in [7, 11) is 0. The molecule has 1 unspecified atom stereocenters. The minimum absolute atomic E-state index is 0.0592. The summed E-state index contributed by atoms with van der Waals surface area (Å²) in [6.45, 7) is 2.97. The van der Waals surface area contributed by atoms with E-state index in [9.17, 15) is 55.9 Å². The molecule has 0 bridgehead atoms. The molecule has 0 radical (unpaired) electrons. The molecule has 1 aliphatic heterocycles. The predicted molar refractivity (Wildman–Crippen MR) is 161 cm³/mol. The van der Waals surface area contributed by atoms with Crippen LogP contribution in [0.25, 0.3) is 0 Å². The van der Waals surface area contributed by atoms with Crippen LogP contribution in [0.3, 0.4) is 0 Å². The van der Waals surface area contributed by atoms with E-state index in [2.05, 4.69) is 4.98 Å². The number of alkyl halides is 6. The third-order valence-electron chi connectivity index (χ3n) is 7.29. The smallest absolute Gasteiger partial charge is 0.426 e. The number of nitrogens with one attached hydrogen (secondary N) is 2. The first-order valence-electron chi connectivity index (χ1n) is 15.0. The molecule has 14 nitrogen and oxygen atoms in total. The van der Waals surface area contributed by atoms with Gasteiger partial charge in [0.25, 0.3) is 5.91 Å². The van der Waals surface area contributed by atoms with E-state index < -0.39 is 101 Å². The molecule has 1 aromatic carbocycles. The zero-order valence-electron chi connectivity index (χ0n) is 27.0. The Labute approximate surface area is 281 Å². The number of aromatic carboxylic acids is 1. The van der Waals surface area contributed by atoms with Crippen LogP contribution in [0.4, 0.5) is 42.6 Å². The number of amides is 2. The van der Waals surface area contributed by atoms with Gasteiger partial charge in [-0.05, 0) is 52.0 Å². The molecule has 2 aromatic rings. The Bertz CT molecular complexity index is 1540. The van der Waals surface area contributed by atoms with Crippen LogP contribution in [0.5, 0.6) is 0 Å². The Morgan fingerprint density at radius 2 is 1.74 bits per heavy atom. The van der Waals surface area contributed by atoms with Crippen molar-refractivity contribution in [2.45, 2.75) is 82.7 Å². The molecule has 2 amide bonds. The summed E-state index contributed by atoms with van der Waals surface area (Å²) in [4.78, 5) is 51.3. The van der Waals surface area contributed by atoms with Crippen LogP contribution in [0, 0.1) is 10.1 Å². The fourth-order valence-corrected chi connectivity index (χ4v) is 5.04. The first-order valence-corrected chi connectivity index (χ1v) is 15.0. The van der Waals surface area contributed by atoms with Gasteiger partial charge < -0.3 is 24.2 Å². The van der Waals surface area contributed by atoms with Crippen LogP contribution < -0.4 is 15.8 Å². The monoisotopic (exact) mass is 723 g/mol. The highest BCUT2D eigenvalue weighted by Gasteiger charge is 2.61. The van der Waals surface area contributed by atoms with E-state index in [4.69, 9.17) is 14.2 Å². The van der Waals surface area contributed by atoms with Crippen LogP contribution >= 0.6 is 0 Å². The highest BCUT2D eigenvalue weighted by molar-refractivity contribution is 5.91. The molecule has 0 saturated carbocycles. The predicted octanol–water partition coefficient (Wildman–Crippen LogP) is 5.55. The molecule has 0 spiro atoms. The lowest BCUT2D eigenvalue weighted by molar-refractivity contribution is -0.385. The molecular weight excluding hydrogens is 688 g/mol. The maximum Gasteiger partial charge on any atom is 0.426 e. The van der Waals surface area contributed by atoms with E-state index in [1.165, 1.54) is 32.9 Å². The van der Waals surface area contributed by atoms with E-state index in [1.807, 2.05) is 0 Å². The van der Waals surface area contributed by atoms with Gasteiger partial charge in [0.2, 0.25) is 11.3 Å². The second-order valence-corrected chi connectivity index (χ2v) is 12.1. The zero-order chi connectivity index (χ0) is 37.5. The van der Waals surface area contributed by atoms with Crippen molar-refractivity contribution in [3.05, 3.63) is 63.3 Å². The molecule has 2 heterocycles. The van der Waals surface area contributed by atoms with E-state index in [-0.39, 0.29) is 25.6 Å². The Balaban J connectivity index is 1.78. The first-order chi connectivity index (χ1) is 23.2. The van der Waals surface area contributed by atoms with Gasteiger partial charge in [0, 0.05) is 19.2 Å². The van der Waals surface area contributed by atoms with Crippen molar-refractivity contribution in [1.82, 2.24) is 15.8 Å². The van der Waals surface area contributed by atoms with Gasteiger partial charge in [0.05, 0.1) is 24.2 Å². The number of aromatic nitrogens is 1. The molecule has 2 atom stereocenters. The number of carbonyl (C=O) groups is 3. The van der Waals surface area contributed by atoms with Gasteiger partial charge in [0.1, 0.15) is 17.0 Å². The minimum atomic E-state index is -5.32. The molecule has 1 saturated heterocycles. The lowest BCUT2D eigenvalue weighted by Gasteiger charge is -2.34. The number of pyridine rings is 1.